The van der Waals surface area contributed by atoms with Crippen molar-refractivity contribution in [2.45, 2.75) is 65.0 Å². The first kappa shape index (κ1) is 14.0. The number of hydrogen-bond acceptors (Lipinski definition) is 2. The number of hydrogen-bond donors (Lipinski definition) is 1. The average molecular weight is 227 g/mol. The summed E-state index contributed by atoms with van der Waals surface area (Å²) in [5.74, 6) is 1.75. The highest BCUT2D eigenvalue weighted by Crippen LogP contribution is 2.30. The van der Waals surface area contributed by atoms with E-state index >= 15 is 0 Å². The van der Waals surface area contributed by atoms with Crippen LogP contribution in [0.15, 0.2) is 0 Å². The lowest BCUT2D eigenvalue weighted by atomic mass is 9.79. The zero-order chi connectivity index (χ0) is 12.2. The van der Waals surface area contributed by atoms with Crippen LogP contribution in [-0.2, 0) is 4.74 Å². The van der Waals surface area contributed by atoms with Gasteiger partial charge < -0.3 is 10.1 Å². The van der Waals surface area contributed by atoms with E-state index < -0.39 is 0 Å². The third-order valence-corrected chi connectivity index (χ3v) is 4.03. The maximum atomic E-state index is 5.44. The normalized spacial score (nSPS) is 27.4. The molecule has 1 rings (SSSR count). The SMILES string of the molecule is COC(C)(C)CNC1CCCC(C(C)C)C1. The number of rotatable bonds is 5. The fourth-order valence-corrected chi connectivity index (χ4v) is 2.48. The second kappa shape index (κ2) is 6.02. The van der Waals surface area contributed by atoms with Crippen molar-refractivity contribution in [2.75, 3.05) is 13.7 Å². The Morgan fingerprint density at radius 1 is 1.31 bits per heavy atom. The summed E-state index contributed by atoms with van der Waals surface area (Å²) in [7, 11) is 1.79. The van der Waals surface area contributed by atoms with Crippen LogP contribution >= 0.6 is 0 Å². The van der Waals surface area contributed by atoms with Crippen molar-refractivity contribution in [2.24, 2.45) is 11.8 Å². The molecule has 1 aliphatic rings. The molecule has 0 aliphatic heterocycles. The summed E-state index contributed by atoms with van der Waals surface area (Å²) < 4.78 is 5.44. The van der Waals surface area contributed by atoms with Gasteiger partial charge in [0.1, 0.15) is 0 Å². The van der Waals surface area contributed by atoms with Crippen molar-refractivity contribution in [1.29, 1.82) is 0 Å². The summed E-state index contributed by atoms with van der Waals surface area (Å²) in [6.07, 6.45) is 5.48. The third kappa shape index (κ3) is 4.42. The first-order valence-corrected chi connectivity index (χ1v) is 6.73. The van der Waals surface area contributed by atoms with E-state index in [0.717, 1.165) is 18.4 Å². The summed E-state index contributed by atoms with van der Waals surface area (Å²) in [6.45, 7) is 9.95. The molecule has 0 spiro atoms. The Bertz CT molecular complexity index is 201. The first-order valence-electron chi connectivity index (χ1n) is 6.73. The molecule has 2 unspecified atom stereocenters. The van der Waals surface area contributed by atoms with Crippen molar-refractivity contribution in [1.82, 2.24) is 5.32 Å². The minimum atomic E-state index is -0.0369. The highest BCUT2D eigenvalue weighted by Gasteiger charge is 2.25. The average Bonchev–Trinajstić information content (AvgIpc) is 2.27. The molecule has 0 amide bonds. The Morgan fingerprint density at radius 2 is 2.00 bits per heavy atom. The number of ether oxygens (including phenoxy) is 1. The molecule has 2 atom stereocenters. The van der Waals surface area contributed by atoms with Crippen LogP contribution in [0.25, 0.3) is 0 Å². The van der Waals surface area contributed by atoms with E-state index in [1.54, 1.807) is 7.11 Å². The maximum Gasteiger partial charge on any atom is 0.0746 e. The summed E-state index contributed by atoms with van der Waals surface area (Å²) in [4.78, 5) is 0. The van der Waals surface area contributed by atoms with E-state index in [1.807, 2.05) is 0 Å². The van der Waals surface area contributed by atoms with Gasteiger partial charge in [0.2, 0.25) is 0 Å². The molecule has 2 nitrogen and oxygen atoms in total. The zero-order valence-corrected chi connectivity index (χ0v) is 11.7. The summed E-state index contributed by atoms with van der Waals surface area (Å²) >= 11 is 0. The molecular weight excluding hydrogens is 198 g/mol. The predicted octanol–water partition coefficient (Wildman–Crippen LogP) is 3.22. The van der Waals surface area contributed by atoms with E-state index in [-0.39, 0.29) is 5.60 Å². The van der Waals surface area contributed by atoms with Crippen molar-refractivity contribution in [3.63, 3.8) is 0 Å². The van der Waals surface area contributed by atoms with E-state index in [0.29, 0.717) is 6.04 Å². The van der Waals surface area contributed by atoms with Gasteiger partial charge in [-0.1, -0.05) is 26.7 Å². The van der Waals surface area contributed by atoms with E-state index in [1.165, 1.54) is 25.7 Å². The molecule has 0 aromatic rings. The summed E-state index contributed by atoms with van der Waals surface area (Å²) in [6, 6.07) is 0.704. The molecule has 0 aromatic heterocycles. The van der Waals surface area contributed by atoms with Crippen molar-refractivity contribution >= 4 is 0 Å². The smallest absolute Gasteiger partial charge is 0.0746 e. The predicted molar refractivity (Wildman–Crippen MR) is 69.7 cm³/mol. The van der Waals surface area contributed by atoms with Gasteiger partial charge in [0.15, 0.2) is 0 Å². The molecule has 0 saturated heterocycles. The molecule has 16 heavy (non-hydrogen) atoms. The first-order chi connectivity index (χ1) is 7.44. The van der Waals surface area contributed by atoms with Crippen LogP contribution in [-0.4, -0.2) is 25.3 Å². The second-order valence-electron chi connectivity index (χ2n) is 6.21. The Hall–Kier alpha value is -0.0800. The summed E-state index contributed by atoms with van der Waals surface area (Å²) in [5.41, 5.74) is -0.0369. The van der Waals surface area contributed by atoms with Crippen LogP contribution in [0.4, 0.5) is 0 Å². The van der Waals surface area contributed by atoms with Gasteiger partial charge >= 0.3 is 0 Å². The molecule has 0 radical (unpaired) electrons. The molecule has 1 fully saturated rings. The monoisotopic (exact) mass is 227 g/mol. The van der Waals surface area contributed by atoms with E-state index in [9.17, 15) is 0 Å². The quantitative estimate of drug-likeness (QED) is 0.778. The minimum Gasteiger partial charge on any atom is -0.377 e. The van der Waals surface area contributed by atoms with Gasteiger partial charge in [-0.05, 0) is 38.5 Å². The van der Waals surface area contributed by atoms with Crippen LogP contribution < -0.4 is 5.32 Å². The molecule has 96 valence electrons. The van der Waals surface area contributed by atoms with Crippen molar-refractivity contribution in [3.05, 3.63) is 0 Å². The van der Waals surface area contributed by atoms with Crippen LogP contribution in [0.3, 0.4) is 0 Å². The molecule has 1 N–H and O–H groups in total. The van der Waals surface area contributed by atoms with Crippen molar-refractivity contribution < 1.29 is 4.74 Å². The molecule has 0 aromatic carbocycles. The van der Waals surface area contributed by atoms with Gasteiger partial charge in [-0.25, -0.2) is 0 Å². The highest BCUT2D eigenvalue weighted by molar-refractivity contribution is 4.82. The highest BCUT2D eigenvalue weighted by atomic mass is 16.5. The Balaban J connectivity index is 2.32. The summed E-state index contributed by atoms with van der Waals surface area (Å²) in [5, 5.41) is 3.67. The number of methoxy groups -OCH3 is 1. The van der Waals surface area contributed by atoms with Gasteiger partial charge in [0.05, 0.1) is 5.60 Å². The van der Waals surface area contributed by atoms with Gasteiger partial charge in [-0.15, -0.1) is 0 Å². The minimum absolute atomic E-state index is 0.0369. The third-order valence-electron chi connectivity index (χ3n) is 4.03. The van der Waals surface area contributed by atoms with E-state index in [4.69, 9.17) is 4.74 Å². The largest absolute Gasteiger partial charge is 0.377 e. The lowest BCUT2D eigenvalue weighted by Gasteiger charge is -2.34. The van der Waals surface area contributed by atoms with Crippen LogP contribution in [0, 0.1) is 11.8 Å². The van der Waals surface area contributed by atoms with Gasteiger partial charge in [0.25, 0.3) is 0 Å². The fraction of sp³-hybridized carbons (Fsp3) is 1.00. The van der Waals surface area contributed by atoms with Crippen LogP contribution in [0.1, 0.15) is 53.4 Å². The maximum absolute atomic E-state index is 5.44. The molecule has 0 heterocycles. The van der Waals surface area contributed by atoms with Crippen LogP contribution in [0.5, 0.6) is 0 Å². The van der Waals surface area contributed by atoms with E-state index in [2.05, 4.69) is 33.0 Å². The molecule has 0 bridgehead atoms. The van der Waals surface area contributed by atoms with Gasteiger partial charge in [-0.2, -0.15) is 0 Å². The van der Waals surface area contributed by atoms with Crippen LogP contribution in [0.2, 0.25) is 0 Å². The number of nitrogens with one attached hydrogen (secondary N) is 1. The fourth-order valence-electron chi connectivity index (χ4n) is 2.48. The Kier molecular flexibility index (Phi) is 5.26. The molecule has 2 heteroatoms. The zero-order valence-electron chi connectivity index (χ0n) is 11.7. The lowest BCUT2D eigenvalue weighted by Crippen LogP contribution is -2.44. The Morgan fingerprint density at radius 3 is 2.56 bits per heavy atom. The topological polar surface area (TPSA) is 21.3 Å². The lowest BCUT2D eigenvalue weighted by molar-refractivity contribution is 0.0189. The Labute approximate surface area is 101 Å². The van der Waals surface area contributed by atoms with Gasteiger partial charge in [0, 0.05) is 19.7 Å². The molecule has 1 saturated carbocycles. The second-order valence-corrected chi connectivity index (χ2v) is 6.21. The molecule has 1 aliphatic carbocycles. The van der Waals surface area contributed by atoms with Crippen molar-refractivity contribution in [3.8, 4) is 0 Å². The standard InChI is InChI=1S/C14H29NO/c1-11(2)12-7-6-8-13(9-12)15-10-14(3,4)16-5/h11-13,15H,6-10H2,1-5H3. The van der Waals surface area contributed by atoms with Gasteiger partial charge in [-0.3, -0.25) is 0 Å². The molecular formula is C14H29NO.